The third kappa shape index (κ3) is 7.43. The Hall–Kier alpha value is -2.62. The van der Waals surface area contributed by atoms with E-state index < -0.39 is 4.90 Å². The van der Waals surface area contributed by atoms with Crippen molar-refractivity contribution in [3.8, 4) is 0 Å². The normalized spacial score (nSPS) is 24.1. The lowest BCUT2D eigenvalue weighted by Gasteiger charge is -2.39. The van der Waals surface area contributed by atoms with Gasteiger partial charge in [0, 0.05) is 58.0 Å². The van der Waals surface area contributed by atoms with Gasteiger partial charge in [-0.3, -0.25) is 4.90 Å². The highest BCUT2D eigenvalue weighted by atomic mass is 16.8. The highest BCUT2D eigenvalue weighted by Crippen LogP contribution is 2.40. The summed E-state index contributed by atoms with van der Waals surface area (Å²) in [7, 11) is 3.49. The van der Waals surface area contributed by atoms with Crippen LogP contribution in [0.25, 0.3) is 0 Å². The zero-order valence-electron chi connectivity index (χ0n) is 21.5. The first-order valence-corrected chi connectivity index (χ1v) is 12.3. The molecule has 0 aromatic carbocycles. The number of hydrazone groups is 1. The summed E-state index contributed by atoms with van der Waals surface area (Å²) in [6.45, 7) is 11.1. The Bertz CT molecular complexity index is 889. The highest BCUT2D eigenvalue weighted by Gasteiger charge is 2.34. The van der Waals surface area contributed by atoms with Crippen LogP contribution in [-0.4, -0.2) is 68.5 Å². The largest absolute Gasteiger partial charge is 0.612 e. The lowest BCUT2D eigenvalue weighted by Crippen LogP contribution is -2.40. The molecule has 0 bridgehead atoms. The maximum Gasteiger partial charge on any atom is 0.222 e. The number of hydrogen-bond donors (Lipinski definition) is 1. The molecular formula is C26H39N4O5-. The van der Waals surface area contributed by atoms with Gasteiger partial charge >= 0.3 is 0 Å². The van der Waals surface area contributed by atoms with E-state index >= 15 is 0 Å². The van der Waals surface area contributed by atoms with Crippen molar-refractivity contribution >= 4 is 11.6 Å². The smallest absolute Gasteiger partial charge is 0.222 e. The fourth-order valence-electron chi connectivity index (χ4n) is 4.95. The molecule has 2 aliphatic carbocycles. The van der Waals surface area contributed by atoms with Crippen LogP contribution < -0.4 is 5.43 Å². The van der Waals surface area contributed by atoms with Crippen LogP contribution in [0, 0.1) is 34.1 Å². The summed E-state index contributed by atoms with van der Waals surface area (Å²) in [6.07, 6.45) is 10.5. The van der Waals surface area contributed by atoms with E-state index in [-0.39, 0.29) is 5.71 Å². The second kappa shape index (κ2) is 12.9. The van der Waals surface area contributed by atoms with Crippen molar-refractivity contribution in [2.45, 2.75) is 33.6 Å². The summed E-state index contributed by atoms with van der Waals surface area (Å²) in [5, 5.41) is 26.2. The molecule has 194 valence electrons. The molecule has 0 radical (unpaired) electrons. The molecular weight excluding hydrogens is 448 g/mol. The number of methoxy groups -OCH3 is 2. The Morgan fingerprint density at radius 1 is 1.14 bits per heavy atom. The fraction of sp³-hybridized carbons (Fsp3) is 0.615. The topological polar surface area (TPSA) is 104 Å². The molecule has 3 unspecified atom stereocenters. The Balaban J connectivity index is 1.65. The van der Waals surface area contributed by atoms with Crippen LogP contribution in [0.1, 0.15) is 33.6 Å². The Morgan fingerprint density at radius 3 is 2.37 bits per heavy atom. The van der Waals surface area contributed by atoms with Crippen LogP contribution in [0.4, 0.5) is 0 Å². The molecule has 0 aromatic rings. The molecule has 3 rings (SSSR count). The fourth-order valence-corrected chi connectivity index (χ4v) is 4.95. The lowest BCUT2D eigenvalue weighted by atomic mass is 9.69. The maximum absolute atomic E-state index is 10.9. The van der Waals surface area contributed by atoms with Gasteiger partial charge in [0.15, 0.2) is 0 Å². The number of allylic oxidation sites excluding steroid dienone is 6. The number of hydrogen-bond acceptors (Lipinski definition) is 8. The molecule has 0 spiro atoms. The van der Waals surface area contributed by atoms with Crippen molar-refractivity contribution in [2.75, 3.05) is 47.1 Å². The minimum absolute atomic E-state index is 0.0498. The van der Waals surface area contributed by atoms with Crippen LogP contribution in [0.2, 0.25) is 0 Å². The van der Waals surface area contributed by atoms with E-state index in [0.717, 1.165) is 38.0 Å². The molecule has 0 saturated carbocycles. The molecule has 9 heteroatoms. The molecule has 0 fully saturated rings. The van der Waals surface area contributed by atoms with E-state index in [9.17, 15) is 10.4 Å². The third-order valence-electron chi connectivity index (χ3n) is 7.04. The van der Waals surface area contributed by atoms with Crippen molar-refractivity contribution in [3.63, 3.8) is 0 Å². The summed E-state index contributed by atoms with van der Waals surface area (Å²) in [4.78, 5) is 2.03. The van der Waals surface area contributed by atoms with E-state index in [1.807, 2.05) is 0 Å². The van der Waals surface area contributed by atoms with E-state index in [2.05, 4.69) is 42.3 Å². The predicted octanol–water partition coefficient (Wildman–Crippen LogP) is 3.55. The average molecular weight is 488 g/mol. The first-order valence-electron chi connectivity index (χ1n) is 12.3. The minimum atomic E-state index is -0.412. The summed E-state index contributed by atoms with van der Waals surface area (Å²) >= 11 is 0. The molecule has 1 heterocycles. The summed E-state index contributed by atoms with van der Waals surface area (Å²) in [5.41, 5.74) is 5.11. The molecule has 0 aromatic heterocycles. The van der Waals surface area contributed by atoms with E-state index in [4.69, 9.17) is 14.2 Å². The first-order chi connectivity index (χ1) is 16.8. The van der Waals surface area contributed by atoms with Crippen LogP contribution in [-0.2, 0) is 14.2 Å². The molecule has 9 nitrogen and oxygen atoms in total. The van der Waals surface area contributed by atoms with Gasteiger partial charge in [-0.25, -0.2) is 5.43 Å². The predicted molar refractivity (Wildman–Crippen MR) is 137 cm³/mol. The van der Waals surface area contributed by atoms with E-state index in [1.165, 1.54) is 17.7 Å². The number of nitrogens with one attached hydrogen (secondary N) is 1. The van der Waals surface area contributed by atoms with E-state index in [1.54, 1.807) is 26.4 Å². The maximum atomic E-state index is 10.9. The Labute approximate surface area is 208 Å². The zero-order valence-corrected chi connectivity index (χ0v) is 21.5. The highest BCUT2D eigenvalue weighted by molar-refractivity contribution is 6.02. The quantitative estimate of drug-likeness (QED) is 0.270. The average Bonchev–Trinajstić information content (AvgIpc) is 3.30. The SMILES string of the molecule is COCCN(CCOC)CC1C=C(C)C(CC2=NNC(=C3C=CC(=[N+]([O-])[O-])C=C3)O2)CC1C(C)C. The lowest BCUT2D eigenvalue weighted by molar-refractivity contribution is -0.377. The van der Waals surface area contributed by atoms with Crippen LogP contribution in [0.5, 0.6) is 0 Å². The van der Waals surface area contributed by atoms with Gasteiger partial charge in [0.2, 0.25) is 17.5 Å². The second-order valence-corrected chi connectivity index (χ2v) is 9.76. The van der Waals surface area contributed by atoms with Crippen molar-refractivity contribution in [3.05, 3.63) is 57.8 Å². The monoisotopic (exact) mass is 487 g/mol. The Morgan fingerprint density at radius 2 is 1.80 bits per heavy atom. The molecule has 0 saturated heterocycles. The van der Waals surface area contributed by atoms with Crippen LogP contribution in [0.15, 0.2) is 52.5 Å². The molecule has 35 heavy (non-hydrogen) atoms. The van der Waals surface area contributed by atoms with Crippen LogP contribution in [0.3, 0.4) is 0 Å². The molecule has 3 aliphatic rings. The van der Waals surface area contributed by atoms with Gasteiger partial charge in [0.05, 0.1) is 13.2 Å². The standard InChI is InChI=1S/C26H39N4O5/c1-18(2)24-15-21(19(3)14-22(24)17-29(10-12-33-4)11-13-34-5)16-25-27-28-26(35-25)20-6-8-23(9-7-20)30(31)32/h6-9,14,18,21-22,24,28H,10-13,15-17H2,1-5H3/q-1. The number of rotatable bonds is 11. The Kier molecular flexibility index (Phi) is 9.94. The van der Waals surface area contributed by atoms with E-state index in [0.29, 0.717) is 48.7 Å². The first kappa shape index (κ1) is 27.0. The summed E-state index contributed by atoms with van der Waals surface area (Å²) in [5.74, 6) is 3.12. The molecule has 3 atom stereocenters. The van der Waals surface area contributed by atoms with Gasteiger partial charge in [-0.05, 0) is 49.2 Å². The number of nitrogens with zero attached hydrogens (tertiary/aromatic N) is 3. The molecule has 1 N–H and O–H groups in total. The van der Waals surface area contributed by atoms with Crippen LogP contribution >= 0.6 is 0 Å². The molecule has 0 amide bonds. The van der Waals surface area contributed by atoms with Crippen molar-refractivity contribution in [1.82, 2.24) is 10.3 Å². The van der Waals surface area contributed by atoms with Crippen molar-refractivity contribution < 1.29 is 19.1 Å². The second-order valence-electron chi connectivity index (χ2n) is 9.76. The minimum Gasteiger partial charge on any atom is -0.612 e. The zero-order chi connectivity index (χ0) is 25.4. The van der Waals surface area contributed by atoms with Crippen molar-refractivity contribution in [1.29, 1.82) is 0 Å². The third-order valence-corrected chi connectivity index (χ3v) is 7.04. The van der Waals surface area contributed by atoms with Gasteiger partial charge in [-0.2, -0.15) is 4.90 Å². The van der Waals surface area contributed by atoms with Gasteiger partial charge in [0.1, 0.15) is 0 Å². The summed E-state index contributed by atoms with van der Waals surface area (Å²) in [6, 6.07) is 0. The van der Waals surface area contributed by atoms with Crippen molar-refractivity contribution in [2.24, 2.45) is 28.8 Å². The number of ether oxygens (including phenoxy) is 3. The molecule has 1 aliphatic heterocycles. The summed E-state index contributed by atoms with van der Waals surface area (Å²) < 4.78 is 16.6. The van der Waals surface area contributed by atoms with Gasteiger partial charge in [0.25, 0.3) is 0 Å². The van der Waals surface area contributed by atoms with Gasteiger partial charge in [-0.15, -0.1) is 5.10 Å². The van der Waals surface area contributed by atoms with Gasteiger partial charge in [-0.1, -0.05) is 25.5 Å². The van der Waals surface area contributed by atoms with Gasteiger partial charge < -0.3 is 24.6 Å².